The van der Waals surface area contributed by atoms with E-state index in [-0.39, 0.29) is 36.8 Å². The zero-order chi connectivity index (χ0) is 11.0. The van der Waals surface area contributed by atoms with Crippen LogP contribution in [0.15, 0.2) is 0 Å². The van der Waals surface area contributed by atoms with Crippen LogP contribution >= 0.6 is 24.8 Å². The Bertz CT molecular complexity index is 168. The standard InChI is InChI=1S/C10H23N3O.2ClH/c1-4-6-9(11)10(14)12-7-5-8-13(2)3;;/h9H,4-8,11H2,1-3H3,(H,12,14);2*1H. The Morgan fingerprint density at radius 1 is 1.38 bits per heavy atom. The normalized spacial score (nSPS) is 11.3. The van der Waals surface area contributed by atoms with E-state index in [1.165, 1.54) is 0 Å². The third kappa shape index (κ3) is 12.0. The Morgan fingerprint density at radius 2 is 1.94 bits per heavy atom. The lowest BCUT2D eigenvalue weighted by molar-refractivity contribution is -0.122. The molecule has 0 saturated heterocycles. The van der Waals surface area contributed by atoms with Gasteiger partial charge in [0.15, 0.2) is 0 Å². The fraction of sp³-hybridized carbons (Fsp3) is 0.900. The van der Waals surface area contributed by atoms with Gasteiger partial charge in [-0.15, -0.1) is 24.8 Å². The molecule has 1 amide bonds. The molecule has 100 valence electrons. The third-order valence-electron chi connectivity index (χ3n) is 2.02. The van der Waals surface area contributed by atoms with Crippen molar-refractivity contribution >= 4 is 30.7 Å². The number of hydrogen-bond donors (Lipinski definition) is 2. The van der Waals surface area contributed by atoms with Gasteiger partial charge >= 0.3 is 0 Å². The van der Waals surface area contributed by atoms with Gasteiger partial charge in [-0.2, -0.15) is 0 Å². The van der Waals surface area contributed by atoms with Crippen molar-refractivity contribution in [1.82, 2.24) is 10.2 Å². The van der Waals surface area contributed by atoms with Gasteiger partial charge in [0.2, 0.25) is 5.91 Å². The lowest BCUT2D eigenvalue weighted by Crippen LogP contribution is -2.41. The van der Waals surface area contributed by atoms with Crippen molar-refractivity contribution in [2.45, 2.75) is 32.2 Å². The summed E-state index contributed by atoms with van der Waals surface area (Å²) in [4.78, 5) is 13.4. The highest BCUT2D eigenvalue weighted by molar-refractivity contribution is 5.85. The maximum absolute atomic E-state index is 11.3. The Kier molecular flexibility index (Phi) is 17.3. The number of nitrogens with one attached hydrogen (secondary N) is 1. The van der Waals surface area contributed by atoms with Crippen LogP contribution in [0.25, 0.3) is 0 Å². The first kappa shape index (κ1) is 21.3. The molecule has 0 aliphatic carbocycles. The second-order valence-electron chi connectivity index (χ2n) is 3.84. The van der Waals surface area contributed by atoms with Crippen LogP contribution in [0.1, 0.15) is 26.2 Å². The van der Waals surface area contributed by atoms with Gasteiger partial charge in [-0.1, -0.05) is 13.3 Å². The predicted molar refractivity (Wildman–Crippen MR) is 73.6 cm³/mol. The molecule has 0 heterocycles. The second kappa shape index (κ2) is 13.0. The molecular formula is C10H25Cl2N3O. The van der Waals surface area contributed by atoms with Crippen molar-refractivity contribution in [1.29, 1.82) is 0 Å². The van der Waals surface area contributed by atoms with Crippen LogP contribution in [-0.2, 0) is 4.79 Å². The number of hydrogen-bond acceptors (Lipinski definition) is 3. The molecule has 3 N–H and O–H groups in total. The molecule has 0 saturated carbocycles. The number of carbonyl (C=O) groups is 1. The minimum absolute atomic E-state index is 0. The average Bonchev–Trinajstić information content (AvgIpc) is 2.12. The van der Waals surface area contributed by atoms with Gasteiger partial charge in [0.1, 0.15) is 0 Å². The van der Waals surface area contributed by atoms with E-state index in [1.54, 1.807) is 0 Å². The van der Waals surface area contributed by atoms with E-state index in [0.29, 0.717) is 6.54 Å². The van der Waals surface area contributed by atoms with E-state index in [2.05, 4.69) is 10.2 Å². The van der Waals surface area contributed by atoms with Crippen molar-refractivity contribution in [3.05, 3.63) is 0 Å². The largest absolute Gasteiger partial charge is 0.355 e. The lowest BCUT2D eigenvalue weighted by Gasteiger charge is -2.12. The molecule has 16 heavy (non-hydrogen) atoms. The summed E-state index contributed by atoms with van der Waals surface area (Å²) in [5.74, 6) is -0.0226. The van der Waals surface area contributed by atoms with Gasteiger partial charge in [0.05, 0.1) is 6.04 Å². The summed E-state index contributed by atoms with van der Waals surface area (Å²) in [5, 5.41) is 2.83. The summed E-state index contributed by atoms with van der Waals surface area (Å²) in [6.45, 7) is 3.73. The van der Waals surface area contributed by atoms with E-state index in [9.17, 15) is 4.79 Å². The van der Waals surface area contributed by atoms with E-state index in [0.717, 1.165) is 25.8 Å². The number of halogens is 2. The van der Waals surface area contributed by atoms with Crippen molar-refractivity contribution in [2.24, 2.45) is 5.73 Å². The number of rotatable bonds is 7. The van der Waals surface area contributed by atoms with E-state index >= 15 is 0 Å². The third-order valence-corrected chi connectivity index (χ3v) is 2.02. The minimum atomic E-state index is -0.334. The molecule has 0 rings (SSSR count). The van der Waals surface area contributed by atoms with Crippen LogP contribution in [0.4, 0.5) is 0 Å². The van der Waals surface area contributed by atoms with Crippen molar-refractivity contribution < 1.29 is 4.79 Å². The number of nitrogens with zero attached hydrogens (tertiary/aromatic N) is 1. The zero-order valence-electron chi connectivity index (χ0n) is 10.4. The summed E-state index contributed by atoms with van der Waals surface area (Å²) < 4.78 is 0. The predicted octanol–water partition coefficient (Wildman–Crippen LogP) is 1.03. The van der Waals surface area contributed by atoms with Crippen LogP contribution in [0.5, 0.6) is 0 Å². The highest BCUT2D eigenvalue weighted by Crippen LogP contribution is 1.92. The van der Waals surface area contributed by atoms with Crippen LogP contribution in [-0.4, -0.2) is 44.0 Å². The van der Waals surface area contributed by atoms with E-state index in [4.69, 9.17) is 5.73 Å². The molecular weight excluding hydrogens is 249 g/mol. The van der Waals surface area contributed by atoms with Gasteiger partial charge in [0, 0.05) is 6.54 Å². The highest BCUT2D eigenvalue weighted by Gasteiger charge is 2.10. The molecule has 1 unspecified atom stereocenters. The van der Waals surface area contributed by atoms with Gasteiger partial charge in [-0.05, 0) is 33.5 Å². The zero-order valence-corrected chi connectivity index (χ0v) is 12.0. The molecule has 0 spiro atoms. The molecule has 0 aromatic heterocycles. The molecule has 0 radical (unpaired) electrons. The van der Waals surface area contributed by atoms with Gasteiger partial charge < -0.3 is 16.0 Å². The molecule has 0 aliphatic heterocycles. The summed E-state index contributed by atoms with van der Waals surface area (Å²) in [6, 6.07) is -0.334. The van der Waals surface area contributed by atoms with Gasteiger partial charge in [-0.3, -0.25) is 4.79 Å². The first-order valence-corrected chi connectivity index (χ1v) is 5.26. The molecule has 0 aromatic carbocycles. The first-order valence-electron chi connectivity index (χ1n) is 5.26. The van der Waals surface area contributed by atoms with Crippen LogP contribution in [0.2, 0.25) is 0 Å². The Morgan fingerprint density at radius 3 is 2.38 bits per heavy atom. The monoisotopic (exact) mass is 273 g/mol. The quantitative estimate of drug-likeness (QED) is 0.682. The molecule has 0 bridgehead atoms. The average molecular weight is 274 g/mol. The fourth-order valence-electron chi connectivity index (χ4n) is 1.18. The van der Waals surface area contributed by atoms with E-state index in [1.807, 2.05) is 21.0 Å². The smallest absolute Gasteiger partial charge is 0.236 e. The van der Waals surface area contributed by atoms with Crippen LogP contribution in [0.3, 0.4) is 0 Å². The van der Waals surface area contributed by atoms with E-state index < -0.39 is 0 Å². The van der Waals surface area contributed by atoms with Gasteiger partial charge in [-0.25, -0.2) is 0 Å². The summed E-state index contributed by atoms with van der Waals surface area (Å²) in [7, 11) is 4.04. The Labute approximate surface area is 111 Å². The van der Waals surface area contributed by atoms with Crippen molar-refractivity contribution in [3.63, 3.8) is 0 Å². The number of carbonyl (C=O) groups excluding carboxylic acids is 1. The molecule has 0 aliphatic rings. The topological polar surface area (TPSA) is 58.4 Å². The molecule has 6 heteroatoms. The maximum atomic E-state index is 11.3. The Balaban J connectivity index is -0.000000845. The minimum Gasteiger partial charge on any atom is -0.355 e. The fourth-order valence-corrected chi connectivity index (χ4v) is 1.18. The second-order valence-corrected chi connectivity index (χ2v) is 3.84. The maximum Gasteiger partial charge on any atom is 0.236 e. The van der Waals surface area contributed by atoms with Crippen LogP contribution < -0.4 is 11.1 Å². The molecule has 0 aromatic rings. The summed E-state index contributed by atoms with van der Waals surface area (Å²) in [6.07, 6.45) is 2.68. The van der Waals surface area contributed by atoms with Crippen LogP contribution in [0, 0.1) is 0 Å². The molecule has 1 atom stereocenters. The first-order chi connectivity index (χ1) is 6.57. The number of nitrogens with two attached hydrogens (primary N) is 1. The Hall–Kier alpha value is -0.0300. The lowest BCUT2D eigenvalue weighted by atomic mass is 10.2. The summed E-state index contributed by atoms with van der Waals surface area (Å²) >= 11 is 0. The molecule has 0 fully saturated rings. The SMILES string of the molecule is CCCC(N)C(=O)NCCCN(C)C.Cl.Cl. The van der Waals surface area contributed by atoms with Gasteiger partial charge in [0.25, 0.3) is 0 Å². The highest BCUT2D eigenvalue weighted by atomic mass is 35.5. The van der Waals surface area contributed by atoms with Crippen molar-refractivity contribution in [3.8, 4) is 0 Å². The van der Waals surface area contributed by atoms with Crippen molar-refractivity contribution in [2.75, 3.05) is 27.2 Å². The number of amides is 1. The summed E-state index contributed by atoms with van der Waals surface area (Å²) in [5.41, 5.74) is 5.65. The molecule has 4 nitrogen and oxygen atoms in total.